The molecule has 2 aromatic rings. The van der Waals surface area contributed by atoms with E-state index in [1.54, 1.807) is 22.7 Å². The number of amidine groups is 1. The lowest BCUT2D eigenvalue weighted by atomic mass is 10.2. The molecular formula is C10H9BrN6O3. The molecule has 1 unspecified atom stereocenters. The van der Waals surface area contributed by atoms with E-state index in [9.17, 15) is 4.79 Å². The van der Waals surface area contributed by atoms with Crippen LogP contribution in [0.5, 0.6) is 0 Å². The number of pyridine rings is 1. The van der Waals surface area contributed by atoms with Crippen molar-refractivity contribution in [3.8, 4) is 0 Å². The maximum absolute atomic E-state index is 10.9. The number of carboxylic acids is 1. The Balaban J connectivity index is 1.94. The molecule has 20 heavy (non-hydrogen) atoms. The van der Waals surface area contributed by atoms with Gasteiger partial charge in [-0.2, -0.15) is 5.53 Å². The third kappa shape index (κ3) is 2.19. The number of rotatable bonds is 3. The van der Waals surface area contributed by atoms with E-state index >= 15 is 0 Å². The van der Waals surface area contributed by atoms with E-state index in [0.717, 1.165) is 5.56 Å². The topological polar surface area (TPSA) is 114 Å². The van der Waals surface area contributed by atoms with Crippen LogP contribution in [0.2, 0.25) is 0 Å². The van der Waals surface area contributed by atoms with Crippen LogP contribution in [0.1, 0.15) is 20.9 Å². The predicted octanol–water partition coefficient (Wildman–Crippen LogP) is 0.496. The highest BCUT2D eigenvalue weighted by atomic mass is 79.9. The molecule has 0 aliphatic carbocycles. The summed E-state index contributed by atoms with van der Waals surface area (Å²) in [5.74, 6) is -0.616. The molecule has 1 atom stereocenters. The summed E-state index contributed by atoms with van der Waals surface area (Å²) in [6, 6.07) is 3.53. The summed E-state index contributed by atoms with van der Waals surface area (Å²) < 4.78 is 1.62. The Morgan fingerprint density at radius 3 is 2.95 bits per heavy atom. The second-order valence-electron chi connectivity index (χ2n) is 4.04. The van der Waals surface area contributed by atoms with Crippen molar-refractivity contribution in [2.75, 3.05) is 0 Å². The van der Waals surface area contributed by atoms with Crippen LogP contribution in [-0.4, -0.2) is 36.8 Å². The lowest BCUT2D eigenvalue weighted by molar-refractivity contribution is -0.151. The summed E-state index contributed by atoms with van der Waals surface area (Å²) in [5, 5.41) is 22.5. The molecule has 0 saturated carbocycles. The molecule has 3 rings (SSSR count). The van der Waals surface area contributed by atoms with Gasteiger partial charge in [-0.05, 0) is 17.7 Å². The van der Waals surface area contributed by atoms with Gasteiger partial charge in [-0.3, -0.25) is 10.6 Å². The fourth-order valence-electron chi connectivity index (χ4n) is 1.79. The lowest BCUT2D eigenvalue weighted by Gasteiger charge is -2.11. The fraction of sp³-hybridized carbons (Fsp3) is 0.100. The minimum atomic E-state index is -1.08. The number of hydrazone groups is 1. The lowest BCUT2D eigenvalue weighted by Crippen LogP contribution is -2.39. The second kappa shape index (κ2) is 4.74. The molecule has 0 bridgehead atoms. The van der Waals surface area contributed by atoms with E-state index < -0.39 is 5.97 Å². The highest BCUT2D eigenvalue weighted by molar-refractivity contribution is 9.09. The van der Waals surface area contributed by atoms with E-state index in [1.165, 1.54) is 6.20 Å². The second-order valence-corrected chi connectivity index (χ2v) is 4.96. The number of nitrogens with zero attached hydrogens (tertiary/aromatic N) is 4. The van der Waals surface area contributed by atoms with Crippen LogP contribution in [0.25, 0.3) is 5.65 Å². The molecule has 1 aliphatic heterocycles. The number of hydrazine groups is 2. The third-order valence-corrected chi connectivity index (χ3v) is 3.68. The Morgan fingerprint density at radius 2 is 2.30 bits per heavy atom. The van der Waals surface area contributed by atoms with E-state index in [1.807, 2.05) is 0 Å². The minimum absolute atomic E-state index is 0.0206. The highest BCUT2D eigenvalue weighted by Gasteiger charge is 2.22. The Kier molecular flexibility index (Phi) is 3.04. The largest absolute Gasteiger partial charge is 0.476 e. The highest BCUT2D eigenvalue weighted by Crippen LogP contribution is 2.25. The van der Waals surface area contributed by atoms with Gasteiger partial charge in [-0.25, -0.2) is 9.78 Å². The number of fused-ring (bicyclic) bond motifs is 1. The van der Waals surface area contributed by atoms with Gasteiger partial charge in [0.15, 0.2) is 11.5 Å². The van der Waals surface area contributed by atoms with Gasteiger partial charge < -0.3 is 9.51 Å². The van der Waals surface area contributed by atoms with Gasteiger partial charge in [0.05, 0.1) is 0 Å². The average Bonchev–Trinajstić information content (AvgIpc) is 3.02. The molecule has 2 aromatic heterocycles. The van der Waals surface area contributed by atoms with Crippen molar-refractivity contribution in [1.82, 2.24) is 25.6 Å². The van der Waals surface area contributed by atoms with Crippen molar-refractivity contribution in [3.05, 3.63) is 35.8 Å². The number of carbonyl (C=O) groups is 1. The number of nitrogens with one attached hydrogen (secondary N) is 2. The normalized spacial score (nSPS) is 16.6. The molecule has 0 aromatic carbocycles. The van der Waals surface area contributed by atoms with Crippen molar-refractivity contribution >= 4 is 33.4 Å². The summed E-state index contributed by atoms with van der Waals surface area (Å²) >= 11 is 3.44. The number of alkyl halides is 1. The molecule has 104 valence electrons. The van der Waals surface area contributed by atoms with Gasteiger partial charge >= 0.3 is 5.97 Å². The zero-order chi connectivity index (χ0) is 14.3. The number of imidazole rings is 1. The van der Waals surface area contributed by atoms with Crippen LogP contribution in [0.4, 0.5) is 0 Å². The summed E-state index contributed by atoms with van der Waals surface area (Å²) in [7, 11) is 0. The number of aromatic nitrogens is 2. The average molecular weight is 341 g/mol. The first-order valence-electron chi connectivity index (χ1n) is 5.49. The van der Waals surface area contributed by atoms with E-state index in [2.05, 4.69) is 37.0 Å². The van der Waals surface area contributed by atoms with Gasteiger partial charge in [0.2, 0.25) is 0 Å². The maximum atomic E-state index is 10.9. The first-order valence-corrected chi connectivity index (χ1v) is 6.41. The molecule has 0 radical (unpaired) electrons. The van der Waals surface area contributed by atoms with Crippen molar-refractivity contribution in [3.63, 3.8) is 0 Å². The Labute approximate surface area is 120 Å². The van der Waals surface area contributed by atoms with Crippen molar-refractivity contribution in [2.45, 2.75) is 4.83 Å². The van der Waals surface area contributed by atoms with Crippen LogP contribution >= 0.6 is 15.9 Å². The van der Waals surface area contributed by atoms with Crippen LogP contribution in [0.15, 0.2) is 29.6 Å². The minimum Gasteiger partial charge on any atom is -0.476 e. The molecule has 3 heterocycles. The summed E-state index contributed by atoms with van der Waals surface area (Å²) in [5.41, 5.74) is 6.20. The summed E-state index contributed by atoms with van der Waals surface area (Å²) in [4.78, 5) is 14.6. The van der Waals surface area contributed by atoms with Crippen molar-refractivity contribution in [1.29, 1.82) is 0 Å². The standard InChI is InChI=1S/C10H9BrN6O3/c11-8(9-13-15-17(20)14-9)5-1-2-16-4-6(10(18)19)12-7(16)3-5/h1-4,8,15,20H,(H,13,14)(H,18,19). The van der Waals surface area contributed by atoms with Crippen LogP contribution < -0.4 is 11.0 Å². The van der Waals surface area contributed by atoms with E-state index in [-0.39, 0.29) is 10.5 Å². The third-order valence-electron chi connectivity index (χ3n) is 2.72. The molecule has 4 N–H and O–H groups in total. The van der Waals surface area contributed by atoms with E-state index in [0.29, 0.717) is 16.8 Å². The Morgan fingerprint density at radius 1 is 1.50 bits per heavy atom. The maximum Gasteiger partial charge on any atom is 0.356 e. The smallest absolute Gasteiger partial charge is 0.356 e. The van der Waals surface area contributed by atoms with Crippen LogP contribution in [0.3, 0.4) is 0 Å². The van der Waals surface area contributed by atoms with Gasteiger partial charge in [-0.15, -0.1) is 5.10 Å². The van der Waals surface area contributed by atoms with Crippen molar-refractivity contribution in [2.24, 2.45) is 5.10 Å². The van der Waals surface area contributed by atoms with Crippen LogP contribution in [-0.2, 0) is 0 Å². The molecule has 0 saturated heterocycles. The van der Waals surface area contributed by atoms with E-state index in [4.69, 9.17) is 10.3 Å². The van der Waals surface area contributed by atoms with Crippen molar-refractivity contribution < 1.29 is 15.1 Å². The number of hydrogen-bond acceptors (Lipinski definition) is 7. The zero-order valence-electron chi connectivity index (χ0n) is 9.86. The van der Waals surface area contributed by atoms with Crippen LogP contribution in [0, 0.1) is 0 Å². The molecule has 9 nitrogen and oxygen atoms in total. The Bertz CT molecular complexity index is 714. The Hall–Kier alpha value is -2.17. The summed E-state index contributed by atoms with van der Waals surface area (Å²) in [6.07, 6.45) is 3.14. The van der Waals surface area contributed by atoms with Gasteiger partial charge in [0.25, 0.3) is 0 Å². The zero-order valence-corrected chi connectivity index (χ0v) is 11.4. The first-order chi connectivity index (χ1) is 9.54. The number of carboxylic acid groups (broad SMARTS) is 1. The number of aromatic carboxylic acids is 1. The van der Waals surface area contributed by atoms with Gasteiger partial charge in [0, 0.05) is 17.7 Å². The quantitative estimate of drug-likeness (QED) is 0.601. The molecule has 10 heteroatoms. The molecule has 1 aliphatic rings. The van der Waals surface area contributed by atoms with Gasteiger partial charge in [0.1, 0.15) is 10.5 Å². The molecule has 0 fully saturated rings. The monoisotopic (exact) mass is 340 g/mol. The molecule has 0 amide bonds. The van der Waals surface area contributed by atoms with Gasteiger partial charge in [-0.1, -0.05) is 15.9 Å². The summed E-state index contributed by atoms with van der Waals surface area (Å²) in [6.45, 7) is 0. The predicted molar refractivity (Wildman–Crippen MR) is 71.2 cm³/mol. The first kappa shape index (κ1) is 12.8. The molecule has 0 spiro atoms. The molecular weight excluding hydrogens is 332 g/mol. The fourth-order valence-corrected chi connectivity index (χ4v) is 2.28. The number of halogens is 1. The number of hydrogen-bond donors (Lipinski definition) is 4. The SMILES string of the molecule is O=C(O)c1cn2ccc(C(Br)C3=NNN(O)N3)cc2n1.